The molecule has 1 unspecified atom stereocenters. The lowest BCUT2D eigenvalue weighted by Crippen LogP contribution is -2.42. The van der Waals surface area contributed by atoms with Crippen LogP contribution in [-0.2, 0) is 4.43 Å². The molecule has 0 saturated heterocycles. The molecule has 3 heteroatoms. The second-order valence-corrected chi connectivity index (χ2v) is 12.3. The molecule has 0 saturated carbocycles. The van der Waals surface area contributed by atoms with Gasteiger partial charge in [-0.1, -0.05) is 59.4 Å². The Balaban J connectivity index is 4.27. The molecule has 3 atom stereocenters. The lowest BCUT2D eigenvalue weighted by molar-refractivity contribution is 0.131. The van der Waals surface area contributed by atoms with Gasteiger partial charge in [-0.3, -0.25) is 0 Å². The Hall–Kier alpha value is -0.383. The van der Waals surface area contributed by atoms with Gasteiger partial charge in [0.25, 0.3) is 0 Å². The van der Waals surface area contributed by atoms with Gasteiger partial charge in [-0.2, -0.15) is 0 Å². The molecule has 0 spiro atoms. The SMILES string of the molecule is C=C/C=C/C(O)[C@@H](C)C[C@@H](C)CO[Si](C)(C)C(C)(C)C. The van der Waals surface area contributed by atoms with E-state index >= 15 is 0 Å². The predicted octanol–water partition coefficient (Wildman–Crippen LogP) is 4.77. The monoisotopic (exact) mass is 298 g/mol. The zero-order valence-corrected chi connectivity index (χ0v) is 15.4. The van der Waals surface area contributed by atoms with Crippen LogP contribution in [0.1, 0.15) is 41.0 Å². The van der Waals surface area contributed by atoms with E-state index in [4.69, 9.17) is 4.43 Å². The summed E-state index contributed by atoms with van der Waals surface area (Å²) in [6, 6.07) is 0. The molecule has 0 fully saturated rings. The van der Waals surface area contributed by atoms with Crippen molar-refractivity contribution in [1.82, 2.24) is 0 Å². The molecular formula is C17H34O2Si. The Morgan fingerprint density at radius 1 is 1.25 bits per heavy atom. The molecule has 20 heavy (non-hydrogen) atoms. The zero-order valence-electron chi connectivity index (χ0n) is 14.4. The Bertz CT molecular complexity index is 315. The normalized spacial score (nSPS) is 18.0. The molecule has 0 aliphatic heterocycles. The van der Waals surface area contributed by atoms with E-state index in [1.54, 1.807) is 18.2 Å². The molecule has 0 aromatic rings. The molecule has 0 aliphatic rings. The number of aliphatic hydroxyl groups is 1. The van der Waals surface area contributed by atoms with Crippen molar-refractivity contribution in [2.45, 2.75) is 65.3 Å². The van der Waals surface area contributed by atoms with Gasteiger partial charge in [-0.25, -0.2) is 0 Å². The van der Waals surface area contributed by atoms with Gasteiger partial charge >= 0.3 is 0 Å². The van der Waals surface area contributed by atoms with Gasteiger partial charge in [0.2, 0.25) is 0 Å². The van der Waals surface area contributed by atoms with Crippen LogP contribution in [0.2, 0.25) is 18.1 Å². The van der Waals surface area contributed by atoms with Gasteiger partial charge in [0.05, 0.1) is 6.10 Å². The van der Waals surface area contributed by atoms with Gasteiger partial charge in [-0.05, 0) is 36.4 Å². The third-order valence-electron chi connectivity index (χ3n) is 4.34. The van der Waals surface area contributed by atoms with Crippen molar-refractivity contribution >= 4 is 8.32 Å². The number of allylic oxidation sites excluding steroid dienone is 2. The fourth-order valence-corrected chi connectivity index (χ4v) is 2.93. The van der Waals surface area contributed by atoms with Crippen molar-refractivity contribution in [3.05, 3.63) is 24.8 Å². The lowest BCUT2D eigenvalue weighted by Gasteiger charge is -2.37. The summed E-state index contributed by atoms with van der Waals surface area (Å²) < 4.78 is 6.24. The van der Waals surface area contributed by atoms with E-state index < -0.39 is 14.4 Å². The molecule has 0 aromatic carbocycles. The summed E-state index contributed by atoms with van der Waals surface area (Å²) in [5.41, 5.74) is 0. The first-order valence-electron chi connectivity index (χ1n) is 7.62. The number of rotatable bonds is 8. The average Bonchev–Trinajstić information content (AvgIpc) is 2.32. The van der Waals surface area contributed by atoms with Crippen molar-refractivity contribution in [2.75, 3.05) is 6.61 Å². The standard InChI is InChI=1S/C17H34O2Si/c1-9-10-11-16(18)15(3)12-14(2)13-19-20(7,8)17(4,5)6/h9-11,14-16,18H,1,12-13H2,2-8H3/b11-10+/t14-,15+,16?/m1/s1. The van der Waals surface area contributed by atoms with E-state index in [0.29, 0.717) is 5.92 Å². The van der Waals surface area contributed by atoms with Crippen molar-refractivity contribution in [2.24, 2.45) is 11.8 Å². The molecule has 0 rings (SSSR count). The molecule has 0 aromatic heterocycles. The average molecular weight is 299 g/mol. The van der Waals surface area contributed by atoms with E-state index in [1.165, 1.54) is 0 Å². The highest BCUT2D eigenvalue weighted by Crippen LogP contribution is 2.37. The molecular weight excluding hydrogens is 264 g/mol. The van der Waals surface area contributed by atoms with E-state index in [-0.39, 0.29) is 11.0 Å². The second kappa shape index (κ2) is 8.16. The van der Waals surface area contributed by atoms with Gasteiger partial charge < -0.3 is 9.53 Å². The Labute approximate surface area is 127 Å². The molecule has 118 valence electrons. The molecule has 0 heterocycles. The fourth-order valence-electron chi connectivity index (χ4n) is 1.79. The summed E-state index contributed by atoms with van der Waals surface area (Å²) >= 11 is 0. The molecule has 0 aliphatic carbocycles. The highest BCUT2D eigenvalue weighted by Gasteiger charge is 2.37. The quantitative estimate of drug-likeness (QED) is 0.516. The van der Waals surface area contributed by atoms with Crippen LogP contribution < -0.4 is 0 Å². The minimum Gasteiger partial charge on any atom is -0.417 e. The maximum absolute atomic E-state index is 9.99. The van der Waals surface area contributed by atoms with Crippen LogP contribution in [-0.4, -0.2) is 26.1 Å². The first-order valence-corrected chi connectivity index (χ1v) is 10.5. The van der Waals surface area contributed by atoms with Crippen LogP contribution in [0.4, 0.5) is 0 Å². The molecule has 1 N–H and O–H groups in total. The van der Waals surface area contributed by atoms with Crippen molar-refractivity contribution < 1.29 is 9.53 Å². The predicted molar refractivity (Wildman–Crippen MR) is 91.4 cm³/mol. The third kappa shape index (κ3) is 6.87. The summed E-state index contributed by atoms with van der Waals surface area (Å²) in [6.45, 7) is 20.0. The van der Waals surface area contributed by atoms with Gasteiger partial charge in [-0.15, -0.1) is 0 Å². The van der Waals surface area contributed by atoms with Crippen LogP contribution in [0, 0.1) is 11.8 Å². The summed E-state index contributed by atoms with van der Waals surface area (Å²) in [5.74, 6) is 0.704. The smallest absolute Gasteiger partial charge is 0.191 e. The maximum atomic E-state index is 9.99. The largest absolute Gasteiger partial charge is 0.417 e. The van der Waals surface area contributed by atoms with Crippen LogP contribution in [0.15, 0.2) is 24.8 Å². The lowest BCUT2D eigenvalue weighted by atomic mass is 9.93. The fraction of sp³-hybridized carbons (Fsp3) is 0.765. The first-order chi connectivity index (χ1) is 9.01. The molecule has 2 nitrogen and oxygen atoms in total. The van der Waals surface area contributed by atoms with Crippen LogP contribution in [0.5, 0.6) is 0 Å². The van der Waals surface area contributed by atoms with Crippen molar-refractivity contribution in [3.63, 3.8) is 0 Å². The Kier molecular flexibility index (Phi) is 8.00. The van der Waals surface area contributed by atoms with Gasteiger partial charge in [0.15, 0.2) is 8.32 Å². The van der Waals surface area contributed by atoms with E-state index in [0.717, 1.165) is 13.0 Å². The van der Waals surface area contributed by atoms with Gasteiger partial charge in [0, 0.05) is 6.61 Å². The summed E-state index contributed by atoms with van der Waals surface area (Å²) in [6.07, 6.45) is 5.87. The van der Waals surface area contributed by atoms with Crippen LogP contribution >= 0.6 is 0 Å². The van der Waals surface area contributed by atoms with Crippen LogP contribution in [0.3, 0.4) is 0 Å². The van der Waals surface area contributed by atoms with E-state index in [1.807, 2.05) is 0 Å². The summed E-state index contributed by atoms with van der Waals surface area (Å²) in [7, 11) is -1.66. The highest BCUT2D eigenvalue weighted by molar-refractivity contribution is 6.74. The van der Waals surface area contributed by atoms with Crippen molar-refractivity contribution in [1.29, 1.82) is 0 Å². The Morgan fingerprint density at radius 3 is 2.25 bits per heavy atom. The van der Waals surface area contributed by atoms with Crippen molar-refractivity contribution in [3.8, 4) is 0 Å². The number of hydrogen-bond acceptors (Lipinski definition) is 2. The minimum absolute atomic E-state index is 0.240. The van der Waals surface area contributed by atoms with Crippen LogP contribution in [0.25, 0.3) is 0 Å². The Morgan fingerprint density at radius 2 is 1.80 bits per heavy atom. The van der Waals surface area contributed by atoms with Gasteiger partial charge in [0.1, 0.15) is 0 Å². The topological polar surface area (TPSA) is 29.5 Å². The highest BCUT2D eigenvalue weighted by atomic mass is 28.4. The minimum atomic E-state index is -1.66. The summed E-state index contributed by atoms with van der Waals surface area (Å²) in [5, 5.41) is 10.2. The summed E-state index contributed by atoms with van der Waals surface area (Å²) in [4.78, 5) is 0. The molecule has 0 bridgehead atoms. The number of aliphatic hydroxyl groups excluding tert-OH is 1. The first kappa shape index (κ1) is 19.6. The second-order valence-electron chi connectivity index (χ2n) is 7.50. The molecule has 0 radical (unpaired) electrons. The number of hydrogen-bond donors (Lipinski definition) is 1. The van der Waals surface area contributed by atoms with E-state index in [9.17, 15) is 5.11 Å². The third-order valence-corrected chi connectivity index (χ3v) is 8.84. The van der Waals surface area contributed by atoms with E-state index in [2.05, 4.69) is 54.3 Å². The zero-order chi connectivity index (χ0) is 16.0. The maximum Gasteiger partial charge on any atom is 0.191 e. The molecule has 0 amide bonds.